The molecule has 0 bridgehead atoms. The van der Waals surface area contributed by atoms with E-state index in [1.165, 1.54) is 24.8 Å². The van der Waals surface area contributed by atoms with Gasteiger partial charge in [0.15, 0.2) is 5.82 Å². The number of aliphatic hydroxyl groups is 1. The number of hydrogen-bond acceptors (Lipinski definition) is 9. The molecule has 2 saturated heterocycles. The van der Waals surface area contributed by atoms with Crippen LogP contribution in [0.3, 0.4) is 0 Å². The molecule has 222 valence electrons. The Kier molecular flexibility index (Phi) is 8.37. The van der Waals surface area contributed by atoms with E-state index in [1.807, 2.05) is 0 Å². The third-order valence-corrected chi connectivity index (χ3v) is 8.60. The second-order valence-corrected chi connectivity index (χ2v) is 12.3. The fourth-order valence-corrected chi connectivity index (χ4v) is 6.05. The van der Waals surface area contributed by atoms with Crippen LogP contribution < -0.4 is 16.2 Å². The normalized spacial score (nSPS) is 18.4. The highest BCUT2D eigenvalue weighted by Crippen LogP contribution is 2.50. The number of nitrogens with two attached hydrogens (primary N) is 2. The van der Waals surface area contributed by atoms with Gasteiger partial charge in [-0.3, -0.25) is 14.4 Å². The van der Waals surface area contributed by atoms with E-state index < -0.39 is 0 Å². The summed E-state index contributed by atoms with van der Waals surface area (Å²) in [5.41, 5.74) is 15.5. The number of carbonyl (C=O) groups excluding carboxylic acids is 1. The van der Waals surface area contributed by atoms with Gasteiger partial charge in [0.25, 0.3) is 0 Å². The second-order valence-electron chi connectivity index (χ2n) is 12.3. The summed E-state index contributed by atoms with van der Waals surface area (Å²) in [5, 5.41) is 12.7. The van der Waals surface area contributed by atoms with Crippen molar-refractivity contribution in [3.63, 3.8) is 0 Å². The number of likely N-dealkylation sites (tertiary alicyclic amines) is 2. The van der Waals surface area contributed by atoms with Gasteiger partial charge in [-0.1, -0.05) is 45.2 Å². The Balaban J connectivity index is 0.000000431. The second kappa shape index (κ2) is 11.8. The van der Waals surface area contributed by atoms with Crippen LogP contribution in [-0.2, 0) is 17.9 Å². The number of amides is 1. The first kappa shape index (κ1) is 29.1. The Labute approximate surface area is 241 Å². The lowest BCUT2D eigenvalue weighted by atomic mass is 9.72. The summed E-state index contributed by atoms with van der Waals surface area (Å²) in [4.78, 5) is 25.3. The Bertz CT molecular complexity index is 1370. The fourth-order valence-electron chi connectivity index (χ4n) is 6.05. The predicted molar refractivity (Wildman–Crippen MR) is 159 cm³/mol. The van der Waals surface area contributed by atoms with Crippen LogP contribution in [0.15, 0.2) is 24.4 Å². The lowest BCUT2D eigenvalue weighted by Gasteiger charge is -2.60. The third kappa shape index (κ3) is 6.25. The summed E-state index contributed by atoms with van der Waals surface area (Å²) in [6.07, 6.45) is 8.42. The van der Waals surface area contributed by atoms with E-state index >= 15 is 0 Å². The number of anilines is 2. The van der Waals surface area contributed by atoms with Gasteiger partial charge in [-0.05, 0) is 30.9 Å². The molecule has 1 aromatic carbocycles. The van der Waals surface area contributed by atoms with Gasteiger partial charge >= 0.3 is 0 Å². The molecule has 1 saturated carbocycles. The van der Waals surface area contributed by atoms with Gasteiger partial charge in [-0.15, -0.1) is 0 Å². The summed E-state index contributed by atoms with van der Waals surface area (Å²) >= 11 is 0. The first-order valence-corrected chi connectivity index (χ1v) is 14.7. The van der Waals surface area contributed by atoms with Crippen molar-refractivity contribution in [2.75, 3.05) is 51.4 Å². The lowest BCUT2D eigenvalue weighted by Crippen LogP contribution is -2.73. The maximum atomic E-state index is 12.5. The van der Waals surface area contributed by atoms with Crippen molar-refractivity contribution < 1.29 is 14.6 Å². The molecule has 1 spiro atoms. The number of hydrogen-bond donors (Lipinski definition) is 3. The molecule has 1 amide bonds. The van der Waals surface area contributed by atoms with Crippen molar-refractivity contribution in [2.24, 2.45) is 10.8 Å². The number of nitrogen functional groups attached to an aromatic ring is 2. The van der Waals surface area contributed by atoms with Crippen LogP contribution >= 0.6 is 0 Å². The van der Waals surface area contributed by atoms with Crippen molar-refractivity contribution in [1.29, 1.82) is 0 Å². The van der Waals surface area contributed by atoms with Crippen LogP contribution in [-0.4, -0.2) is 80.5 Å². The zero-order valence-electron chi connectivity index (χ0n) is 24.6. The monoisotopic (exact) mass is 564 g/mol. The van der Waals surface area contributed by atoms with E-state index in [-0.39, 0.29) is 11.4 Å². The molecule has 11 heteroatoms. The minimum atomic E-state index is -0.0576. The Morgan fingerprint density at radius 3 is 2.49 bits per heavy atom. The quantitative estimate of drug-likeness (QED) is 0.316. The fraction of sp³-hybridized carbons (Fsp3) is 0.600. The Morgan fingerprint density at radius 1 is 1.07 bits per heavy atom. The third-order valence-electron chi connectivity index (χ3n) is 8.60. The maximum Gasteiger partial charge on any atom is 0.228 e. The number of aromatic nitrogens is 4. The molecule has 4 heterocycles. The van der Waals surface area contributed by atoms with Crippen LogP contribution in [0.1, 0.15) is 63.5 Å². The molecule has 2 aromatic heterocycles. The standard InChI is InChI=1S/C24H30N8O2.C6H14O/c1-23(5-6-23)21(33)31-13-24(14-31)11-30(12-24)9-15-3-4-16(18(7-15)34-2)10-32-19-17(8-27-32)28-22(26)29-20(19)25;1-2-3-4-5-6-7/h3-4,7-8H,5-6,9-14H2,1-2H3,(H4,25,26,28,29);7H,2-6H2,1H3. The first-order valence-electron chi connectivity index (χ1n) is 14.7. The van der Waals surface area contributed by atoms with Gasteiger partial charge in [0, 0.05) is 55.7 Å². The number of benzene rings is 1. The number of aliphatic hydroxyl groups excluding tert-OH is 1. The molecular weight excluding hydrogens is 520 g/mol. The zero-order chi connectivity index (χ0) is 29.2. The van der Waals surface area contributed by atoms with Crippen LogP contribution in [0.2, 0.25) is 0 Å². The van der Waals surface area contributed by atoms with Crippen molar-refractivity contribution >= 4 is 28.7 Å². The Morgan fingerprint density at radius 2 is 1.83 bits per heavy atom. The summed E-state index contributed by atoms with van der Waals surface area (Å²) in [6.45, 7) is 9.88. The van der Waals surface area contributed by atoms with E-state index in [4.69, 9.17) is 21.3 Å². The largest absolute Gasteiger partial charge is 0.496 e. The zero-order valence-corrected chi connectivity index (χ0v) is 24.6. The number of methoxy groups -OCH3 is 1. The van der Waals surface area contributed by atoms with Crippen molar-refractivity contribution in [3.8, 4) is 5.75 Å². The summed E-state index contributed by atoms with van der Waals surface area (Å²) in [7, 11) is 1.68. The minimum Gasteiger partial charge on any atom is -0.496 e. The highest BCUT2D eigenvalue weighted by atomic mass is 16.5. The van der Waals surface area contributed by atoms with Gasteiger partial charge in [0.2, 0.25) is 11.9 Å². The van der Waals surface area contributed by atoms with E-state index in [2.05, 4.69) is 56.9 Å². The average molecular weight is 565 g/mol. The smallest absolute Gasteiger partial charge is 0.228 e. The van der Waals surface area contributed by atoms with Gasteiger partial charge in [-0.2, -0.15) is 10.1 Å². The van der Waals surface area contributed by atoms with E-state index in [1.54, 1.807) is 18.0 Å². The molecule has 3 aromatic rings. The number of ether oxygens (including phenoxy) is 1. The van der Waals surface area contributed by atoms with Crippen LogP contribution in [0, 0.1) is 10.8 Å². The number of nitrogens with zero attached hydrogens (tertiary/aromatic N) is 6. The molecule has 0 unspecified atom stereocenters. The van der Waals surface area contributed by atoms with Crippen LogP contribution in [0.25, 0.3) is 11.0 Å². The van der Waals surface area contributed by atoms with Crippen LogP contribution in [0.4, 0.5) is 11.8 Å². The molecule has 1 aliphatic carbocycles. The molecule has 5 N–H and O–H groups in total. The van der Waals surface area contributed by atoms with Crippen molar-refractivity contribution in [3.05, 3.63) is 35.5 Å². The molecule has 6 rings (SSSR count). The minimum absolute atomic E-state index is 0.0576. The molecule has 2 aliphatic heterocycles. The molecule has 3 fully saturated rings. The summed E-state index contributed by atoms with van der Waals surface area (Å²) in [6, 6.07) is 6.30. The predicted octanol–water partition coefficient (Wildman–Crippen LogP) is 3.05. The first-order chi connectivity index (χ1) is 19.7. The summed E-state index contributed by atoms with van der Waals surface area (Å²) < 4.78 is 7.46. The van der Waals surface area contributed by atoms with Gasteiger partial charge in [0.1, 0.15) is 16.8 Å². The van der Waals surface area contributed by atoms with Gasteiger partial charge in [-0.25, -0.2) is 4.98 Å². The number of unbranched alkanes of at least 4 members (excludes halogenated alkanes) is 3. The Hall–Kier alpha value is -3.44. The molecule has 0 radical (unpaired) electrons. The van der Waals surface area contributed by atoms with Gasteiger partial charge < -0.3 is 26.2 Å². The van der Waals surface area contributed by atoms with Crippen LogP contribution in [0.5, 0.6) is 5.75 Å². The van der Waals surface area contributed by atoms with Crippen molar-refractivity contribution in [1.82, 2.24) is 29.5 Å². The molecule has 11 nitrogen and oxygen atoms in total. The van der Waals surface area contributed by atoms with E-state index in [0.29, 0.717) is 41.3 Å². The highest BCUT2D eigenvalue weighted by Gasteiger charge is 2.57. The number of carbonyl (C=O) groups is 1. The van der Waals surface area contributed by atoms with E-state index in [9.17, 15) is 4.79 Å². The summed E-state index contributed by atoms with van der Waals surface area (Å²) in [5.74, 6) is 1.62. The van der Waals surface area contributed by atoms with E-state index in [0.717, 1.165) is 63.3 Å². The van der Waals surface area contributed by atoms with Crippen molar-refractivity contribution in [2.45, 2.75) is 65.5 Å². The lowest BCUT2D eigenvalue weighted by molar-refractivity contribution is -0.164. The molecule has 41 heavy (non-hydrogen) atoms. The SMILES string of the molecule is CCCCCCO.COc1cc(CN2CC3(C2)CN(C(=O)C2(C)CC2)C3)ccc1Cn1ncc2nc(N)nc(N)c21. The number of fused-ring (bicyclic) bond motifs is 1. The molecular formula is C30H44N8O3. The molecule has 0 atom stereocenters. The molecule has 3 aliphatic rings. The topological polar surface area (TPSA) is 149 Å². The number of rotatable bonds is 10. The van der Waals surface area contributed by atoms with Gasteiger partial charge in [0.05, 0.1) is 19.9 Å². The average Bonchev–Trinajstić information content (AvgIpc) is 3.54. The highest BCUT2D eigenvalue weighted by molar-refractivity contribution is 5.86. The maximum absolute atomic E-state index is 12.5.